The van der Waals surface area contributed by atoms with Gasteiger partial charge in [0.05, 0.1) is 12.2 Å². The van der Waals surface area contributed by atoms with Gasteiger partial charge in [-0.3, -0.25) is 9.88 Å². The first kappa shape index (κ1) is 23.7. The Hall–Kier alpha value is -3.98. The van der Waals surface area contributed by atoms with Crippen molar-refractivity contribution < 1.29 is 9.84 Å². The highest BCUT2D eigenvalue weighted by atomic mass is 16.5. The Balaban J connectivity index is 1.31. The summed E-state index contributed by atoms with van der Waals surface area (Å²) in [6.07, 6.45) is 4.13. The van der Waals surface area contributed by atoms with Gasteiger partial charge in [-0.25, -0.2) is 0 Å². The van der Waals surface area contributed by atoms with Crippen LogP contribution in [0.2, 0.25) is 0 Å². The summed E-state index contributed by atoms with van der Waals surface area (Å²) in [6, 6.07) is 27.1. The summed E-state index contributed by atoms with van der Waals surface area (Å²) in [6.45, 7) is 4.07. The molecule has 1 N–H and O–H groups in total. The van der Waals surface area contributed by atoms with Crippen LogP contribution in [0.4, 0.5) is 0 Å². The summed E-state index contributed by atoms with van der Waals surface area (Å²) in [5.74, 6) is 0.841. The van der Waals surface area contributed by atoms with Gasteiger partial charge in [0.2, 0.25) is 0 Å². The lowest BCUT2D eigenvalue weighted by Crippen LogP contribution is -2.42. The molecule has 0 spiro atoms. The smallest absolute Gasteiger partial charge is 0.120 e. The standard InChI is InChI=1S/C31H29N3O2/c1-22-27(8-5-9-31(22)25-6-3-2-4-7-25)21-36-30-11-10-26-13-29(20-35)34(19-28(26)14-30)18-24-12-23(15-32)16-33-17-24/h2-12,14,16-17,29,35H,13,18-21H2,1H3/t29-/m0/s1. The first-order valence-electron chi connectivity index (χ1n) is 12.2. The summed E-state index contributed by atoms with van der Waals surface area (Å²) in [5, 5.41) is 19.2. The molecule has 0 saturated heterocycles. The highest BCUT2D eigenvalue weighted by Gasteiger charge is 2.26. The van der Waals surface area contributed by atoms with E-state index in [9.17, 15) is 10.4 Å². The fraction of sp³-hybridized carbons (Fsp3) is 0.226. The third kappa shape index (κ3) is 5.16. The van der Waals surface area contributed by atoms with E-state index in [1.807, 2.05) is 18.2 Å². The predicted molar refractivity (Wildman–Crippen MR) is 140 cm³/mol. The van der Waals surface area contributed by atoms with Crippen LogP contribution in [0.25, 0.3) is 11.1 Å². The average Bonchev–Trinajstić information content (AvgIpc) is 2.92. The van der Waals surface area contributed by atoms with Crippen LogP contribution in [0, 0.1) is 18.3 Å². The zero-order valence-corrected chi connectivity index (χ0v) is 20.4. The fourth-order valence-corrected chi connectivity index (χ4v) is 4.94. The second kappa shape index (κ2) is 10.7. The summed E-state index contributed by atoms with van der Waals surface area (Å²) >= 11 is 0. The molecule has 0 saturated carbocycles. The van der Waals surface area contributed by atoms with E-state index in [1.54, 1.807) is 12.4 Å². The zero-order chi connectivity index (χ0) is 24.9. The van der Waals surface area contributed by atoms with Crippen LogP contribution in [-0.2, 0) is 26.1 Å². The van der Waals surface area contributed by atoms with Crippen molar-refractivity contribution in [2.24, 2.45) is 0 Å². The summed E-state index contributed by atoms with van der Waals surface area (Å²) in [5.41, 5.74) is 8.79. The highest BCUT2D eigenvalue weighted by molar-refractivity contribution is 5.68. The van der Waals surface area contributed by atoms with E-state index in [1.165, 1.54) is 33.4 Å². The molecule has 0 fully saturated rings. The van der Waals surface area contributed by atoms with E-state index in [0.29, 0.717) is 25.3 Å². The lowest BCUT2D eigenvalue weighted by Gasteiger charge is -2.36. The molecule has 180 valence electrons. The number of rotatable bonds is 7. The molecule has 36 heavy (non-hydrogen) atoms. The molecule has 0 aliphatic carbocycles. The number of nitriles is 1. The molecular formula is C31H29N3O2. The Morgan fingerprint density at radius 1 is 1.03 bits per heavy atom. The van der Waals surface area contributed by atoms with E-state index in [2.05, 4.69) is 77.5 Å². The van der Waals surface area contributed by atoms with Crippen molar-refractivity contribution in [1.29, 1.82) is 5.26 Å². The Labute approximate surface area is 212 Å². The lowest BCUT2D eigenvalue weighted by molar-refractivity contribution is 0.0993. The zero-order valence-electron chi connectivity index (χ0n) is 20.4. The van der Waals surface area contributed by atoms with Gasteiger partial charge in [-0.15, -0.1) is 0 Å². The lowest BCUT2D eigenvalue weighted by atomic mass is 9.93. The normalized spacial score (nSPS) is 15.2. The maximum Gasteiger partial charge on any atom is 0.120 e. The third-order valence-electron chi connectivity index (χ3n) is 6.97. The monoisotopic (exact) mass is 475 g/mol. The Kier molecular flexibility index (Phi) is 7.08. The number of hydrogen-bond donors (Lipinski definition) is 1. The Morgan fingerprint density at radius 2 is 1.89 bits per heavy atom. The molecule has 1 aromatic heterocycles. The minimum absolute atomic E-state index is 0.0263. The number of pyridine rings is 1. The first-order chi connectivity index (χ1) is 17.6. The summed E-state index contributed by atoms with van der Waals surface area (Å²) < 4.78 is 6.25. The van der Waals surface area contributed by atoms with Crippen molar-refractivity contribution >= 4 is 0 Å². The third-order valence-corrected chi connectivity index (χ3v) is 6.97. The number of benzene rings is 3. The van der Waals surface area contributed by atoms with Gasteiger partial charge < -0.3 is 9.84 Å². The van der Waals surface area contributed by atoms with E-state index in [-0.39, 0.29) is 12.6 Å². The van der Waals surface area contributed by atoms with Gasteiger partial charge in [0.1, 0.15) is 18.4 Å². The van der Waals surface area contributed by atoms with E-state index in [4.69, 9.17) is 4.74 Å². The topological polar surface area (TPSA) is 69.4 Å². The van der Waals surface area contributed by atoms with Gasteiger partial charge in [0.15, 0.2) is 0 Å². The summed E-state index contributed by atoms with van der Waals surface area (Å²) in [4.78, 5) is 6.43. The molecule has 5 rings (SSSR count). The van der Waals surface area contributed by atoms with Gasteiger partial charge in [-0.05, 0) is 70.5 Å². The van der Waals surface area contributed by atoms with Crippen LogP contribution in [0.5, 0.6) is 5.75 Å². The Morgan fingerprint density at radius 3 is 2.69 bits per heavy atom. The van der Waals surface area contributed by atoms with Crippen LogP contribution in [0.3, 0.4) is 0 Å². The molecule has 2 heterocycles. The number of aliphatic hydroxyl groups is 1. The summed E-state index contributed by atoms with van der Waals surface area (Å²) in [7, 11) is 0. The molecule has 0 bridgehead atoms. The molecular weight excluding hydrogens is 446 g/mol. The number of nitrogens with zero attached hydrogens (tertiary/aromatic N) is 3. The maximum absolute atomic E-state index is 10.0. The van der Waals surface area contributed by atoms with Gasteiger partial charge >= 0.3 is 0 Å². The largest absolute Gasteiger partial charge is 0.489 e. The van der Waals surface area contributed by atoms with Crippen LogP contribution >= 0.6 is 0 Å². The molecule has 1 aliphatic heterocycles. The van der Waals surface area contributed by atoms with Gasteiger partial charge in [0.25, 0.3) is 0 Å². The van der Waals surface area contributed by atoms with Crippen LogP contribution in [0.1, 0.15) is 33.4 Å². The number of hydrogen-bond acceptors (Lipinski definition) is 5. The molecule has 3 aromatic carbocycles. The van der Waals surface area contributed by atoms with Gasteiger partial charge in [-0.1, -0.05) is 54.6 Å². The van der Waals surface area contributed by atoms with Crippen molar-refractivity contribution in [3.8, 4) is 22.9 Å². The molecule has 0 amide bonds. The molecule has 1 aliphatic rings. The van der Waals surface area contributed by atoms with Gasteiger partial charge in [0, 0.05) is 31.5 Å². The maximum atomic E-state index is 10.0. The first-order valence-corrected chi connectivity index (χ1v) is 12.2. The van der Waals surface area contributed by atoms with Crippen LogP contribution in [-0.4, -0.2) is 27.6 Å². The van der Waals surface area contributed by atoms with Crippen molar-refractivity contribution in [3.63, 3.8) is 0 Å². The molecule has 5 heteroatoms. The molecule has 1 atom stereocenters. The minimum atomic E-state index is 0.0263. The number of aromatic nitrogens is 1. The second-order valence-electron chi connectivity index (χ2n) is 9.31. The van der Waals surface area contributed by atoms with Crippen molar-refractivity contribution in [3.05, 3.63) is 119 Å². The van der Waals surface area contributed by atoms with Gasteiger partial charge in [-0.2, -0.15) is 5.26 Å². The molecule has 5 nitrogen and oxygen atoms in total. The Bertz CT molecular complexity index is 1390. The van der Waals surface area contributed by atoms with Crippen LogP contribution in [0.15, 0.2) is 85.2 Å². The quantitative estimate of drug-likeness (QED) is 0.386. The van der Waals surface area contributed by atoms with Crippen molar-refractivity contribution in [2.45, 2.75) is 39.1 Å². The number of aliphatic hydroxyl groups excluding tert-OH is 1. The second-order valence-corrected chi connectivity index (χ2v) is 9.31. The number of ether oxygens (including phenoxy) is 1. The molecule has 0 radical (unpaired) electrons. The van der Waals surface area contributed by atoms with E-state index < -0.39 is 0 Å². The van der Waals surface area contributed by atoms with Crippen molar-refractivity contribution in [1.82, 2.24) is 9.88 Å². The van der Waals surface area contributed by atoms with E-state index in [0.717, 1.165) is 17.7 Å². The highest BCUT2D eigenvalue weighted by Crippen LogP contribution is 2.30. The average molecular weight is 476 g/mol. The van der Waals surface area contributed by atoms with E-state index >= 15 is 0 Å². The van der Waals surface area contributed by atoms with Crippen LogP contribution < -0.4 is 4.74 Å². The SMILES string of the molecule is Cc1c(COc2ccc3c(c2)CN(Cc2cncc(C#N)c2)[C@H](CO)C3)cccc1-c1ccccc1. The fourth-order valence-electron chi connectivity index (χ4n) is 4.94. The number of fused-ring (bicyclic) bond motifs is 1. The molecule has 4 aromatic rings. The minimum Gasteiger partial charge on any atom is -0.489 e. The van der Waals surface area contributed by atoms with Crippen molar-refractivity contribution in [2.75, 3.05) is 6.61 Å². The molecule has 0 unspecified atom stereocenters. The predicted octanol–water partition coefficient (Wildman–Crippen LogP) is 5.43.